The monoisotopic (exact) mass is 336 g/mol. The number of aromatic nitrogens is 2. The number of H-pyrrole nitrogens is 1. The first kappa shape index (κ1) is 17.2. The third kappa shape index (κ3) is 3.98. The number of nitriles is 1. The number of benzene rings is 1. The van der Waals surface area contributed by atoms with Gasteiger partial charge in [0, 0.05) is 6.07 Å². The number of carbonyl (C=O) groups is 1. The molecule has 2 N–H and O–H groups in total. The van der Waals surface area contributed by atoms with E-state index in [1.165, 1.54) is 6.92 Å². The first-order valence-corrected chi connectivity index (χ1v) is 6.66. The highest BCUT2D eigenvalue weighted by atomic mass is 19.4. The molecule has 24 heavy (non-hydrogen) atoms. The van der Waals surface area contributed by atoms with Crippen molar-refractivity contribution in [2.24, 2.45) is 0 Å². The van der Waals surface area contributed by atoms with Gasteiger partial charge in [0.2, 0.25) is 0 Å². The van der Waals surface area contributed by atoms with Gasteiger partial charge in [-0.05, 0) is 24.6 Å². The molecule has 2 aromatic rings. The van der Waals surface area contributed by atoms with Crippen LogP contribution in [0.2, 0.25) is 0 Å². The lowest BCUT2D eigenvalue weighted by Crippen LogP contribution is -2.30. The van der Waals surface area contributed by atoms with Gasteiger partial charge in [-0.3, -0.25) is 9.59 Å². The van der Waals surface area contributed by atoms with Gasteiger partial charge in [-0.1, -0.05) is 12.1 Å². The predicted molar refractivity (Wildman–Crippen MR) is 76.9 cm³/mol. The molecule has 0 fully saturated rings. The Labute approximate surface area is 134 Å². The number of aromatic amines is 1. The lowest BCUT2D eigenvalue weighted by atomic mass is 10.1. The number of aryl methyl sites for hydroxylation is 1. The van der Waals surface area contributed by atoms with Crippen LogP contribution in [0, 0.1) is 18.3 Å². The Morgan fingerprint density at radius 3 is 2.46 bits per heavy atom. The van der Waals surface area contributed by atoms with Gasteiger partial charge < -0.3 is 10.3 Å². The molecule has 0 aliphatic carbocycles. The summed E-state index contributed by atoms with van der Waals surface area (Å²) in [4.78, 5) is 29.6. The van der Waals surface area contributed by atoms with E-state index < -0.39 is 29.2 Å². The van der Waals surface area contributed by atoms with Crippen molar-refractivity contribution in [3.05, 3.63) is 63.3 Å². The Balaban J connectivity index is 2.22. The number of amides is 1. The molecule has 0 radical (unpaired) electrons. The minimum absolute atomic E-state index is 0.181. The molecule has 124 valence electrons. The Kier molecular flexibility index (Phi) is 4.69. The molecule has 0 spiro atoms. The number of halogens is 3. The van der Waals surface area contributed by atoms with E-state index in [4.69, 9.17) is 5.26 Å². The van der Waals surface area contributed by atoms with E-state index in [0.29, 0.717) is 0 Å². The predicted octanol–water partition coefficient (Wildman–Crippen LogP) is 2.09. The van der Waals surface area contributed by atoms with Crippen molar-refractivity contribution in [3.63, 3.8) is 0 Å². The van der Waals surface area contributed by atoms with Gasteiger partial charge in [0.15, 0.2) is 0 Å². The van der Waals surface area contributed by atoms with E-state index in [0.717, 1.165) is 30.3 Å². The van der Waals surface area contributed by atoms with Crippen LogP contribution in [-0.2, 0) is 6.18 Å². The Hall–Kier alpha value is -3.15. The van der Waals surface area contributed by atoms with E-state index in [2.05, 4.69) is 15.3 Å². The maximum atomic E-state index is 12.5. The molecule has 2 rings (SSSR count). The van der Waals surface area contributed by atoms with Crippen LogP contribution >= 0.6 is 0 Å². The van der Waals surface area contributed by atoms with Crippen LogP contribution in [0.5, 0.6) is 0 Å². The lowest BCUT2D eigenvalue weighted by Gasteiger charge is -2.13. The van der Waals surface area contributed by atoms with Crippen molar-refractivity contribution in [1.29, 1.82) is 5.26 Å². The summed E-state index contributed by atoms with van der Waals surface area (Å²) in [5.41, 5.74) is -1.40. The van der Waals surface area contributed by atoms with E-state index in [1.54, 1.807) is 6.07 Å². The summed E-state index contributed by atoms with van der Waals surface area (Å²) in [6.07, 6.45) is -4.49. The Morgan fingerprint density at radius 1 is 1.33 bits per heavy atom. The largest absolute Gasteiger partial charge is 0.416 e. The number of alkyl halides is 3. The number of nitrogens with zero attached hydrogens (tertiary/aromatic N) is 2. The fraction of sp³-hybridized carbons (Fsp3) is 0.200. The molecule has 1 amide bonds. The molecular formula is C15H11F3N4O2. The molecule has 1 aromatic carbocycles. The Bertz CT molecular complexity index is 851. The topological polar surface area (TPSA) is 98.6 Å². The van der Waals surface area contributed by atoms with E-state index >= 15 is 0 Å². The zero-order chi connectivity index (χ0) is 17.9. The summed E-state index contributed by atoms with van der Waals surface area (Å²) in [5.74, 6) is -0.564. The van der Waals surface area contributed by atoms with Crippen LogP contribution < -0.4 is 10.9 Å². The molecule has 6 nitrogen and oxygen atoms in total. The number of hydrogen-bond donors (Lipinski definition) is 2. The molecule has 0 saturated heterocycles. The minimum Gasteiger partial charge on any atom is -0.331 e. The number of hydrogen-bond acceptors (Lipinski definition) is 4. The number of carbonyl (C=O) groups excluding carboxylic acids is 1. The van der Waals surface area contributed by atoms with Gasteiger partial charge >= 0.3 is 6.18 Å². The molecule has 9 heteroatoms. The van der Waals surface area contributed by atoms with Gasteiger partial charge in [0.05, 0.1) is 11.6 Å². The van der Waals surface area contributed by atoms with Crippen molar-refractivity contribution < 1.29 is 18.0 Å². The smallest absolute Gasteiger partial charge is 0.331 e. The molecular weight excluding hydrogens is 325 g/mol. The molecule has 0 aliphatic heterocycles. The van der Waals surface area contributed by atoms with Gasteiger partial charge in [-0.15, -0.1) is 0 Å². The molecule has 0 saturated carbocycles. The average molecular weight is 336 g/mol. The summed E-state index contributed by atoms with van der Waals surface area (Å²) in [6.45, 7) is 1.48. The lowest BCUT2D eigenvalue weighted by molar-refractivity contribution is -0.137. The van der Waals surface area contributed by atoms with Crippen molar-refractivity contribution in [2.45, 2.75) is 19.1 Å². The zero-order valence-corrected chi connectivity index (χ0v) is 12.3. The third-order valence-corrected chi connectivity index (χ3v) is 3.07. The second-order valence-corrected chi connectivity index (χ2v) is 4.87. The maximum absolute atomic E-state index is 12.5. The standard InChI is InChI=1S/C15H11F3N4O2/c1-8-20-11(6-13(23)21-8)14(24)22-12(7-19)9-2-4-10(5-3-9)15(16,17)18/h2-6,12H,1H3,(H,22,24)(H,20,21,23). The van der Waals surface area contributed by atoms with Gasteiger partial charge in [0.1, 0.15) is 17.6 Å². The van der Waals surface area contributed by atoms with Crippen LogP contribution in [-0.4, -0.2) is 15.9 Å². The van der Waals surface area contributed by atoms with Gasteiger partial charge in [-0.25, -0.2) is 4.98 Å². The summed E-state index contributed by atoms with van der Waals surface area (Å²) in [7, 11) is 0. The first-order chi connectivity index (χ1) is 11.2. The zero-order valence-electron chi connectivity index (χ0n) is 12.3. The fourth-order valence-corrected chi connectivity index (χ4v) is 1.96. The highest BCUT2D eigenvalue weighted by Gasteiger charge is 2.30. The molecule has 0 aliphatic rings. The SMILES string of the molecule is Cc1nc(C(=O)NC(C#N)c2ccc(C(F)(F)F)cc2)cc(=O)[nH]1. The van der Waals surface area contributed by atoms with Crippen LogP contribution in [0.1, 0.15) is 33.5 Å². The Morgan fingerprint density at radius 2 is 1.96 bits per heavy atom. The van der Waals surface area contributed by atoms with Crippen molar-refractivity contribution in [2.75, 3.05) is 0 Å². The van der Waals surface area contributed by atoms with Crippen LogP contribution in [0.25, 0.3) is 0 Å². The second kappa shape index (κ2) is 6.54. The maximum Gasteiger partial charge on any atom is 0.416 e. The summed E-state index contributed by atoms with van der Waals surface area (Å²) < 4.78 is 37.6. The molecule has 1 unspecified atom stereocenters. The normalized spacial score (nSPS) is 12.3. The van der Waals surface area contributed by atoms with Crippen LogP contribution in [0.15, 0.2) is 35.1 Å². The molecule has 1 aromatic heterocycles. The third-order valence-electron chi connectivity index (χ3n) is 3.07. The second-order valence-electron chi connectivity index (χ2n) is 4.87. The molecule has 0 bridgehead atoms. The van der Waals surface area contributed by atoms with Crippen molar-refractivity contribution in [3.8, 4) is 6.07 Å². The fourth-order valence-electron chi connectivity index (χ4n) is 1.96. The van der Waals surface area contributed by atoms with Crippen LogP contribution in [0.3, 0.4) is 0 Å². The van der Waals surface area contributed by atoms with E-state index in [9.17, 15) is 22.8 Å². The van der Waals surface area contributed by atoms with E-state index in [-0.39, 0.29) is 17.1 Å². The highest BCUT2D eigenvalue weighted by molar-refractivity contribution is 5.92. The van der Waals surface area contributed by atoms with Crippen LogP contribution in [0.4, 0.5) is 13.2 Å². The quantitative estimate of drug-likeness (QED) is 0.896. The van der Waals surface area contributed by atoms with Crippen molar-refractivity contribution in [1.82, 2.24) is 15.3 Å². The van der Waals surface area contributed by atoms with Gasteiger partial charge in [-0.2, -0.15) is 18.4 Å². The highest BCUT2D eigenvalue weighted by Crippen LogP contribution is 2.29. The van der Waals surface area contributed by atoms with Crippen molar-refractivity contribution >= 4 is 5.91 Å². The number of rotatable bonds is 3. The molecule has 1 heterocycles. The van der Waals surface area contributed by atoms with E-state index in [1.807, 2.05) is 0 Å². The number of nitrogens with one attached hydrogen (secondary N) is 2. The molecule has 1 atom stereocenters. The summed E-state index contributed by atoms with van der Waals surface area (Å²) >= 11 is 0. The summed E-state index contributed by atoms with van der Waals surface area (Å²) in [5, 5.41) is 11.5. The van der Waals surface area contributed by atoms with Gasteiger partial charge in [0.25, 0.3) is 11.5 Å². The summed E-state index contributed by atoms with van der Waals surface area (Å²) in [6, 6.07) is 5.41. The first-order valence-electron chi connectivity index (χ1n) is 6.66. The average Bonchev–Trinajstić information content (AvgIpc) is 2.50. The minimum atomic E-state index is -4.49.